The zero-order valence-corrected chi connectivity index (χ0v) is 19.4. The molecular formula is C27H21F3N6O. The van der Waals surface area contributed by atoms with E-state index in [0.717, 1.165) is 28.3 Å². The van der Waals surface area contributed by atoms with Crippen molar-refractivity contribution < 1.29 is 18.0 Å². The number of nitrogens with zero attached hydrogens (tertiary/aromatic N) is 4. The Morgan fingerprint density at radius 3 is 2.62 bits per heavy atom. The van der Waals surface area contributed by atoms with Crippen LogP contribution in [0.15, 0.2) is 91.3 Å². The molecule has 0 aliphatic heterocycles. The summed E-state index contributed by atoms with van der Waals surface area (Å²) in [5.41, 5.74) is 2.70. The second kappa shape index (κ2) is 10.1. The summed E-state index contributed by atoms with van der Waals surface area (Å²) in [5, 5.41) is 14.9. The van der Waals surface area contributed by atoms with Crippen LogP contribution in [0.2, 0.25) is 0 Å². The number of hydrogen-bond donors (Lipinski definition) is 2. The van der Waals surface area contributed by atoms with Gasteiger partial charge < -0.3 is 10.6 Å². The minimum Gasteiger partial charge on any atom is -0.355 e. The molecule has 0 radical (unpaired) electrons. The summed E-state index contributed by atoms with van der Waals surface area (Å²) in [4.78, 5) is 17.1. The number of para-hydroxylation sites is 1. The van der Waals surface area contributed by atoms with E-state index in [0.29, 0.717) is 11.3 Å². The van der Waals surface area contributed by atoms with Crippen molar-refractivity contribution in [1.29, 1.82) is 0 Å². The van der Waals surface area contributed by atoms with Crippen LogP contribution in [0.4, 0.5) is 24.5 Å². The second-order valence-corrected chi connectivity index (χ2v) is 8.33. The van der Waals surface area contributed by atoms with E-state index in [1.807, 2.05) is 36.4 Å². The molecule has 186 valence electrons. The van der Waals surface area contributed by atoms with E-state index < -0.39 is 11.7 Å². The number of pyridine rings is 1. The van der Waals surface area contributed by atoms with Crippen molar-refractivity contribution in [2.75, 3.05) is 5.32 Å². The van der Waals surface area contributed by atoms with Gasteiger partial charge in [-0.15, -0.1) is 5.10 Å². The van der Waals surface area contributed by atoms with Gasteiger partial charge in [0.05, 0.1) is 30.4 Å². The molecule has 2 N–H and O–H groups in total. The third-order valence-electron chi connectivity index (χ3n) is 5.72. The van der Waals surface area contributed by atoms with Gasteiger partial charge in [-0.1, -0.05) is 47.7 Å². The lowest BCUT2D eigenvalue weighted by Crippen LogP contribution is -2.23. The molecule has 0 atom stereocenters. The molecule has 5 aromatic rings. The van der Waals surface area contributed by atoms with E-state index in [1.165, 1.54) is 23.0 Å². The first-order valence-corrected chi connectivity index (χ1v) is 11.4. The molecular weight excluding hydrogens is 481 g/mol. The highest BCUT2D eigenvalue weighted by Gasteiger charge is 2.32. The van der Waals surface area contributed by atoms with E-state index in [1.54, 1.807) is 30.5 Å². The molecule has 0 spiro atoms. The summed E-state index contributed by atoms with van der Waals surface area (Å²) in [6, 6.07) is 22.0. The number of aromatic nitrogens is 4. The summed E-state index contributed by atoms with van der Waals surface area (Å²) in [6.07, 6.45) is -1.22. The summed E-state index contributed by atoms with van der Waals surface area (Å²) >= 11 is 0. The Balaban J connectivity index is 1.23. The lowest BCUT2D eigenvalue weighted by Gasteiger charge is -2.12. The normalized spacial score (nSPS) is 11.4. The number of fused-ring (bicyclic) bond motifs is 1. The number of rotatable bonds is 7. The van der Waals surface area contributed by atoms with Crippen molar-refractivity contribution >= 4 is 28.2 Å². The quantitative estimate of drug-likeness (QED) is 0.304. The molecule has 1 amide bonds. The second-order valence-electron chi connectivity index (χ2n) is 8.33. The van der Waals surface area contributed by atoms with Gasteiger partial charge >= 0.3 is 6.18 Å². The minimum atomic E-state index is -4.46. The maximum atomic E-state index is 13.2. The Morgan fingerprint density at radius 1 is 0.946 bits per heavy atom. The van der Waals surface area contributed by atoms with Crippen molar-refractivity contribution in [3.8, 4) is 0 Å². The molecule has 5 rings (SSSR count). The number of amides is 1. The molecule has 0 bridgehead atoms. The fraction of sp³-hybridized carbons (Fsp3) is 0.111. The van der Waals surface area contributed by atoms with Crippen LogP contribution < -0.4 is 10.6 Å². The Morgan fingerprint density at radius 2 is 1.76 bits per heavy atom. The van der Waals surface area contributed by atoms with Gasteiger partial charge in [0.1, 0.15) is 5.69 Å². The molecule has 2 aromatic heterocycles. The van der Waals surface area contributed by atoms with E-state index >= 15 is 0 Å². The summed E-state index contributed by atoms with van der Waals surface area (Å²) in [7, 11) is 0. The Labute approximate surface area is 210 Å². The maximum Gasteiger partial charge on any atom is 0.416 e. The first kappa shape index (κ1) is 24.0. The van der Waals surface area contributed by atoms with Crippen molar-refractivity contribution in [3.05, 3.63) is 114 Å². The average molecular weight is 503 g/mol. The van der Waals surface area contributed by atoms with Gasteiger partial charge in [0.2, 0.25) is 0 Å². The molecule has 0 aliphatic rings. The first-order chi connectivity index (χ1) is 17.9. The smallest absolute Gasteiger partial charge is 0.355 e. The highest BCUT2D eigenvalue weighted by Crippen LogP contribution is 2.32. The van der Waals surface area contributed by atoms with Crippen LogP contribution in [0.3, 0.4) is 0 Å². The van der Waals surface area contributed by atoms with Crippen LogP contribution in [-0.2, 0) is 19.3 Å². The molecule has 0 aliphatic carbocycles. The summed E-state index contributed by atoms with van der Waals surface area (Å²) in [5.74, 6) is -0.319. The van der Waals surface area contributed by atoms with Crippen LogP contribution in [0, 0.1) is 0 Å². The lowest BCUT2D eigenvalue weighted by molar-refractivity contribution is -0.138. The molecule has 0 unspecified atom stereocenters. The predicted octanol–water partition coefficient (Wildman–Crippen LogP) is 5.57. The number of halogens is 3. The van der Waals surface area contributed by atoms with Gasteiger partial charge in [0.15, 0.2) is 0 Å². The van der Waals surface area contributed by atoms with Crippen LogP contribution in [0.5, 0.6) is 0 Å². The average Bonchev–Trinajstić information content (AvgIpc) is 3.34. The van der Waals surface area contributed by atoms with Gasteiger partial charge in [-0.05, 0) is 42.0 Å². The van der Waals surface area contributed by atoms with Gasteiger partial charge in [-0.2, -0.15) is 13.2 Å². The zero-order chi connectivity index (χ0) is 25.8. The number of benzene rings is 3. The highest BCUT2D eigenvalue weighted by atomic mass is 19.4. The van der Waals surface area contributed by atoms with Crippen molar-refractivity contribution in [1.82, 2.24) is 25.3 Å². The van der Waals surface area contributed by atoms with E-state index in [4.69, 9.17) is 0 Å². The van der Waals surface area contributed by atoms with Crippen LogP contribution in [0.25, 0.3) is 10.9 Å². The molecule has 0 fully saturated rings. The molecule has 37 heavy (non-hydrogen) atoms. The Kier molecular flexibility index (Phi) is 6.55. The van der Waals surface area contributed by atoms with E-state index in [-0.39, 0.29) is 24.6 Å². The number of carbonyl (C=O) groups is 1. The maximum absolute atomic E-state index is 13.2. The predicted molar refractivity (Wildman–Crippen MR) is 133 cm³/mol. The number of carbonyl (C=O) groups excluding carboxylic acids is 1. The summed E-state index contributed by atoms with van der Waals surface area (Å²) < 4.78 is 41.1. The molecule has 0 saturated carbocycles. The van der Waals surface area contributed by atoms with Crippen molar-refractivity contribution in [3.63, 3.8) is 0 Å². The van der Waals surface area contributed by atoms with Crippen LogP contribution in [-0.4, -0.2) is 25.9 Å². The minimum absolute atomic E-state index is 0.0758. The topological polar surface area (TPSA) is 84.7 Å². The van der Waals surface area contributed by atoms with Gasteiger partial charge in [0.25, 0.3) is 5.91 Å². The Hall–Kier alpha value is -4.73. The highest BCUT2D eigenvalue weighted by molar-refractivity contribution is 5.96. The fourth-order valence-electron chi connectivity index (χ4n) is 3.98. The zero-order valence-electron chi connectivity index (χ0n) is 19.4. The number of hydrogen-bond acceptors (Lipinski definition) is 5. The largest absolute Gasteiger partial charge is 0.416 e. The first-order valence-electron chi connectivity index (χ1n) is 11.4. The number of anilines is 2. The molecule has 7 nitrogen and oxygen atoms in total. The molecule has 10 heteroatoms. The van der Waals surface area contributed by atoms with E-state index in [2.05, 4.69) is 25.9 Å². The molecule has 0 saturated heterocycles. The van der Waals surface area contributed by atoms with Crippen molar-refractivity contribution in [2.24, 2.45) is 0 Å². The Bertz CT molecular complexity index is 1560. The van der Waals surface area contributed by atoms with Gasteiger partial charge in [0, 0.05) is 28.5 Å². The van der Waals surface area contributed by atoms with E-state index in [9.17, 15) is 18.0 Å². The molecule has 2 heterocycles. The van der Waals surface area contributed by atoms with Crippen LogP contribution >= 0.6 is 0 Å². The monoisotopic (exact) mass is 502 g/mol. The SMILES string of the molecule is O=C(NCc1cn(Cc2ccccc2C(F)(F)F)nn1)c1cccc(Nc2ccnc3ccccc23)c1. The summed E-state index contributed by atoms with van der Waals surface area (Å²) in [6.45, 7) is -0.0135. The van der Waals surface area contributed by atoms with Crippen molar-refractivity contribution in [2.45, 2.75) is 19.3 Å². The standard InChI is InChI=1S/C27H21F3N6O/c28-27(29,30)23-10-3-1-6-19(23)16-36-17-21(34-35-36)15-32-26(37)18-7-5-8-20(14-18)33-25-12-13-31-24-11-4-2-9-22(24)25/h1-14,17H,15-16H2,(H,31,33)(H,32,37). The number of nitrogens with one attached hydrogen (secondary N) is 2. The third kappa shape index (κ3) is 5.58. The van der Waals surface area contributed by atoms with Gasteiger partial charge in [-0.3, -0.25) is 9.78 Å². The van der Waals surface area contributed by atoms with Gasteiger partial charge in [-0.25, -0.2) is 4.68 Å². The number of alkyl halides is 3. The van der Waals surface area contributed by atoms with Crippen LogP contribution in [0.1, 0.15) is 27.2 Å². The fourth-order valence-corrected chi connectivity index (χ4v) is 3.98. The lowest BCUT2D eigenvalue weighted by atomic mass is 10.1. The third-order valence-corrected chi connectivity index (χ3v) is 5.72. The molecule has 3 aromatic carbocycles.